The van der Waals surface area contributed by atoms with Crippen molar-refractivity contribution in [3.63, 3.8) is 0 Å². The molecule has 180 valence electrons. The fourth-order valence-corrected chi connectivity index (χ4v) is 4.84. The zero-order chi connectivity index (χ0) is 22.7. The van der Waals surface area contributed by atoms with E-state index in [4.69, 9.17) is 5.73 Å². The van der Waals surface area contributed by atoms with E-state index < -0.39 is 0 Å². The molecule has 11 heteroatoms. The van der Waals surface area contributed by atoms with Gasteiger partial charge in [-0.05, 0) is 59.5 Å². The van der Waals surface area contributed by atoms with Crippen LogP contribution in [0.3, 0.4) is 0 Å². The summed E-state index contributed by atoms with van der Waals surface area (Å²) in [4.78, 5) is 29.2. The average Bonchev–Trinajstić information content (AvgIpc) is 3.50. The molecule has 0 atom stereocenters. The van der Waals surface area contributed by atoms with Crippen molar-refractivity contribution in [1.29, 1.82) is 0 Å². The van der Waals surface area contributed by atoms with Gasteiger partial charge in [0.05, 0.1) is 17.0 Å². The highest BCUT2D eigenvalue weighted by Gasteiger charge is 2.19. The highest BCUT2D eigenvalue weighted by atomic mass is 32.1. The largest absolute Gasteiger partial charge is 0.412 e. The molecular formula is C23H26N4O4S3. The van der Waals surface area contributed by atoms with Gasteiger partial charge in [0.25, 0.3) is 5.91 Å². The average molecular weight is 519 g/mol. The van der Waals surface area contributed by atoms with Gasteiger partial charge in [0, 0.05) is 27.0 Å². The van der Waals surface area contributed by atoms with Crippen LogP contribution in [0.4, 0.5) is 16.5 Å². The number of hydrogen-bond acceptors (Lipinski definition) is 7. The number of hydrogen-bond donors (Lipinski definition) is 4. The van der Waals surface area contributed by atoms with Crippen molar-refractivity contribution in [2.75, 3.05) is 22.1 Å². The summed E-state index contributed by atoms with van der Waals surface area (Å²) >= 11 is 6.71. The van der Waals surface area contributed by atoms with Gasteiger partial charge >= 0.3 is 0 Å². The van der Waals surface area contributed by atoms with E-state index in [1.807, 2.05) is 47.8 Å². The second-order valence-corrected chi connectivity index (χ2v) is 9.61. The second-order valence-electron chi connectivity index (χ2n) is 7.22. The molecule has 2 aromatic heterocycles. The molecule has 4 aromatic rings. The predicted molar refractivity (Wildman–Crippen MR) is 145 cm³/mol. The summed E-state index contributed by atoms with van der Waals surface area (Å²) in [5.41, 5.74) is 9.98. The lowest BCUT2D eigenvalue weighted by atomic mass is 10.1. The maximum Gasteiger partial charge on any atom is 0.267 e. The van der Waals surface area contributed by atoms with Crippen LogP contribution in [-0.4, -0.2) is 33.5 Å². The molecule has 0 radical (unpaired) electrons. The van der Waals surface area contributed by atoms with Crippen molar-refractivity contribution < 1.29 is 20.5 Å². The smallest absolute Gasteiger partial charge is 0.267 e. The molecule has 5 rings (SSSR count). The topological polar surface area (TPSA) is 160 Å². The van der Waals surface area contributed by atoms with Gasteiger partial charge in [-0.25, -0.2) is 4.98 Å². The van der Waals surface area contributed by atoms with Crippen molar-refractivity contribution in [3.8, 4) is 11.3 Å². The van der Waals surface area contributed by atoms with Crippen LogP contribution >= 0.6 is 35.3 Å². The highest BCUT2D eigenvalue weighted by Crippen LogP contribution is 2.32. The minimum atomic E-state index is -0.190. The molecule has 34 heavy (non-hydrogen) atoms. The third kappa shape index (κ3) is 6.13. The molecular weight excluding hydrogens is 492 g/mol. The van der Waals surface area contributed by atoms with E-state index >= 15 is 0 Å². The van der Waals surface area contributed by atoms with Crippen molar-refractivity contribution in [2.24, 2.45) is 0 Å². The molecule has 3 heterocycles. The van der Waals surface area contributed by atoms with Crippen LogP contribution in [0.25, 0.3) is 21.3 Å². The highest BCUT2D eigenvalue weighted by molar-refractivity contribution is 7.80. The van der Waals surface area contributed by atoms with Crippen LogP contribution in [0, 0.1) is 0 Å². The normalized spacial score (nSPS) is 11.4. The van der Waals surface area contributed by atoms with E-state index in [-0.39, 0.29) is 22.8 Å². The Bertz CT molecular complexity index is 1300. The Morgan fingerprint density at radius 1 is 1.21 bits per heavy atom. The molecule has 0 spiro atoms. The van der Waals surface area contributed by atoms with E-state index in [0.717, 1.165) is 38.3 Å². The number of aromatic nitrogens is 1. The third-order valence-corrected chi connectivity index (χ3v) is 7.06. The lowest BCUT2D eigenvalue weighted by Gasteiger charge is -2.01. The van der Waals surface area contributed by atoms with Gasteiger partial charge in [-0.15, -0.1) is 22.7 Å². The number of benzene rings is 2. The number of carbonyl (C=O) groups is 2. The number of nitrogens with one attached hydrogen (secondary N) is 2. The quantitative estimate of drug-likeness (QED) is 0.237. The Balaban J connectivity index is 0.000000634. The standard InChI is InChI=1S/C20H14N4O2S2.C3H8S.2H2O/c21-13-2-4-16-12(6-13)7-17(28-16)19(26)24-20-23-15(9-27-20)10-1-3-14-11(5-10)8-18(25)22-14;1-2-3-4;;/h1-7,9H,8,21H2,(H,22,25)(H,23,24,26);4H,2-3H2,1H3;2*1H2. The second kappa shape index (κ2) is 12.0. The molecule has 0 aliphatic carbocycles. The third-order valence-electron chi connectivity index (χ3n) is 4.74. The molecule has 0 saturated carbocycles. The van der Waals surface area contributed by atoms with Gasteiger partial charge in [-0.1, -0.05) is 13.0 Å². The van der Waals surface area contributed by atoms with Crippen LogP contribution in [0.5, 0.6) is 0 Å². The minimum Gasteiger partial charge on any atom is -0.412 e. The van der Waals surface area contributed by atoms with E-state index in [1.54, 1.807) is 0 Å². The van der Waals surface area contributed by atoms with Gasteiger partial charge < -0.3 is 22.0 Å². The maximum absolute atomic E-state index is 12.6. The number of nitrogen functional groups attached to an aromatic ring is 1. The summed E-state index contributed by atoms with van der Waals surface area (Å²) in [7, 11) is 0. The van der Waals surface area contributed by atoms with E-state index in [9.17, 15) is 9.59 Å². The zero-order valence-electron chi connectivity index (χ0n) is 18.3. The maximum atomic E-state index is 12.6. The van der Waals surface area contributed by atoms with Crippen molar-refractivity contribution in [1.82, 2.24) is 4.98 Å². The molecule has 8 N–H and O–H groups in total. The molecule has 0 fully saturated rings. The van der Waals surface area contributed by atoms with Crippen molar-refractivity contribution >= 4 is 73.7 Å². The van der Waals surface area contributed by atoms with E-state index in [0.29, 0.717) is 22.1 Å². The van der Waals surface area contributed by atoms with Gasteiger partial charge in [0.2, 0.25) is 5.91 Å². The molecule has 0 saturated heterocycles. The lowest BCUT2D eigenvalue weighted by Crippen LogP contribution is -2.09. The summed E-state index contributed by atoms with van der Waals surface area (Å²) in [5.74, 6) is 0.827. The Hall–Kier alpha value is -2.96. The summed E-state index contributed by atoms with van der Waals surface area (Å²) in [6.45, 7) is 2.10. The van der Waals surface area contributed by atoms with Gasteiger partial charge in [-0.3, -0.25) is 14.9 Å². The number of rotatable bonds is 4. The van der Waals surface area contributed by atoms with Crippen LogP contribution < -0.4 is 16.4 Å². The van der Waals surface area contributed by atoms with Gasteiger partial charge in [0.15, 0.2) is 5.13 Å². The summed E-state index contributed by atoms with van der Waals surface area (Å²) in [5, 5.41) is 9.07. The fourth-order valence-electron chi connectivity index (χ4n) is 3.18. The van der Waals surface area contributed by atoms with Crippen molar-refractivity contribution in [3.05, 3.63) is 58.3 Å². The monoisotopic (exact) mass is 518 g/mol. The van der Waals surface area contributed by atoms with Crippen LogP contribution in [0.1, 0.15) is 28.6 Å². The molecule has 1 aliphatic heterocycles. The Kier molecular flexibility index (Phi) is 9.59. The van der Waals surface area contributed by atoms with Gasteiger partial charge in [0.1, 0.15) is 0 Å². The summed E-state index contributed by atoms with van der Waals surface area (Å²) in [6, 6.07) is 13.2. The Morgan fingerprint density at radius 3 is 2.71 bits per heavy atom. The minimum absolute atomic E-state index is 0. The number of nitrogens with two attached hydrogens (primary N) is 1. The Morgan fingerprint density at radius 2 is 1.97 bits per heavy atom. The molecule has 2 amide bonds. The van der Waals surface area contributed by atoms with E-state index in [1.165, 1.54) is 29.1 Å². The first-order valence-electron chi connectivity index (χ1n) is 10.1. The lowest BCUT2D eigenvalue weighted by molar-refractivity contribution is -0.115. The number of thiol groups is 1. The first-order chi connectivity index (χ1) is 15.5. The van der Waals surface area contributed by atoms with Crippen LogP contribution in [-0.2, 0) is 11.2 Å². The molecule has 2 aromatic carbocycles. The SMILES string of the molecule is CCCS.Nc1ccc2sc(C(=O)Nc3nc(-c4ccc5c(c4)CC(=O)N5)cs3)cc2c1.O.O. The fraction of sp³-hybridized carbons (Fsp3) is 0.174. The summed E-state index contributed by atoms with van der Waals surface area (Å²) < 4.78 is 1.01. The molecule has 8 nitrogen and oxygen atoms in total. The number of amides is 2. The zero-order valence-corrected chi connectivity index (χ0v) is 20.9. The molecule has 0 unspecified atom stereocenters. The molecule has 1 aliphatic rings. The van der Waals surface area contributed by atoms with Gasteiger partial charge in [-0.2, -0.15) is 12.6 Å². The van der Waals surface area contributed by atoms with Crippen molar-refractivity contribution in [2.45, 2.75) is 19.8 Å². The Labute approximate surface area is 210 Å². The number of anilines is 3. The number of thiazole rings is 1. The molecule has 0 bridgehead atoms. The first kappa shape index (κ1) is 27.3. The number of nitrogens with zero attached hydrogens (tertiary/aromatic N) is 1. The predicted octanol–water partition coefficient (Wildman–Crippen LogP) is 4.03. The number of thiophene rings is 1. The first-order valence-corrected chi connectivity index (χ1v) is 12.4. The number of fused-ring (bicyclic) bond motifs is 2. The summed E-state index contributed by atoms with van der Waals surface area (Å²) in [6.07, 6.45) is 1.57. The van der Waals surface area contributed by atoms with Crippen LogP contribution in [0.2, 0.25) is 0 Å². The number of carbonyl (C=O) groups excluding carboxylic acids is 2. The van der Waals surface area contributed by atoms with Crippen LogP contribution in [0.15, 0.2) is 47.8 Å². The van der Waals surface area contributed by atoms with E-state index in [2.05, 4.69) is 35.2 Å².